The van der Waals surface area contributed by atoms with Gasteiger partial charge in [-0.25, -0.2) is 17.2 Å². The van der Waals surface area contributed by atoms with Crippen LogP contribution in [0.5, 0.6) is 0 Å². The van der Waals surface area contributed by atoms with Crippen LogP contribution in [0.15, 0.2) is 46.2 Å². The minimum Gasteiger partial charge on any atom is -0.322 e. The first-order valence-corrected chi connectivity index (χ1v) is 10.7. The molecule has 0 radical (unpaired) electrons. The van der Waals surface area contributed by atoms with Crippen molar-refractivity contribution in [2.24, 2.45) is 0 Å². The molecule has 0 saturated carbocycles. The molecule has 1 aliphatic rings. The highest BCUT2D eigenvalue weighted by molar-refractivity contribution is 7.89. The summed E-state index contributed by atoms with van der Waals surface area (Å²) in [6.45, 7) is 0.143. The Labute approximate surface area is 167 Å². The van der Waals surface area contributed by atoms with Crippen LogP contribution in [0.4, 0.5) is 14.5 Å². The van der Waals surface area contributed by atoms with Crippen molar-refractivity contribution in [1.82, 2.24) is 8.87 Å². The Hall–Kier alpha value is -2.59. The van der Waals surface area contributed by atoms with Crippen LogP contribution in [-0.4, -0.2) is 36.3 Å². The molecule has 0 aliphatic carbocycles. The van der Waals surface area contributed by atoms with Crippen molar-refractivity contribution in [3.63, 3.8) is 0 Å². The van der Waals surface area contributed by atoms with Crippen molar-refractivity contribution in [3.8, 4) is 0 Å². The lowest BCUT2D eigenvalue weighted by Gasteiger charge is -2.20. The summed E-state index contributed by atoms with van der Waals surface area (Å²) in [5, 5.41) is 2.18. The fourth-order valence-electron chi connectivity index (χ4n) is 3.19. The van der Waals surface area contributed by atoms with Crippen molar-refractivity contribution in [2.75, 3.05) is 18.4 Å². The molecular weight excluding hydrogens is 404 g/mol. The monoisotopic (exact) mass is 425 g/mol. The van der Waals surface area contributed by atoms with Gasteiger partial charge in [0.25, 0.3) is 5.56 Å². The van der Waals surface area contributed by atoms with E-state index in [0.29, 0.717) is 13.1 Å². The Kier molecular flexibility index (Phi) is 6.43. The third-order valence-corrected chi connectivity index (χ3v) is 6.60. The zero-order valence-corrected chi connectivity index (χ0v) is 16.4. The minimum absolute atomic E-state index is 0.343. The highest BCUT2D eigenvalue weighted by Crippen LogP contribution is 2.18. The molecule has 0 spiro atoms. The summed E-state index contributed by atoms with van der Waals surface area (Å²) in [6, 6.07) is 5.17. The van der Waals surface area contributed by atoms with Gasteiger partial charge in [0.05, 0.1) is 5.69 Å². The van der Waals surface area contributed by atoms with Crippen LogP contribution < -0.4 is 10.9 Å². The first kappa shape index (κ1) is 21.1. The number of aromatic nitrogens is 1. The van der Waals surface area contributed by atoms with E-state index < -0.39 is 44.6 Å². The molecule has 0 bridgehead atoms. The standard InChI is InChI=1S/C19H21F2N3O4S/c20-14-7-8-15(21)16(12-14)22-18(25)13-23-9-5-6-17(19(23)26)29(27,28)24-10-3-1-2-4-11-24/h5-9,12H,1-4,10-11,13H2,(H,22,25). The second-order valence-electron chi connectivity index (χ2n) is 6.80. The lowest BCUT2D eigenvalue weighted by molar-refractivity contribution is -0.116. The van der Waals surface area contributed by atoms with Gasteiger partial charge in [-0.05, 0) is 37.1 Å². The number of carbonyl (C=O) groups is 1. The first-order chi connectivity index (χ1) is 13.8. The SMILES string of the molecule is O=C(Cn1cccc(S(=O)(=O)N2CCCCCC2)c1=O)Nc1cc(F)ccc1F. The molecule has 1 amide bonds. The van der Waals surface area contributed by atoms with Gasteiger partial charge in [-0.2, -0.15) is 4.31 Å². The third-order valence-electron chi connectivity index (χ3n) is 4.68. The summed E-state index contributed by atoms with van der Waals surface area (Å²) in [4.78, 5) is 24.5. The number of anilines is 1. The van der Waals surface area contributed by atoms with Crippen LogP contribution in [0.25, 0.3) is 0 Å². The molecule has 1 N–H and O–H groups in total. The number of nitrogens with zero attached hydrogens (tertiary/aromatic N) is 2. The van der Waals surface area contributed by atoms with Gasteiger partial charge in [0.1, 0.15) is 23.1 Å². The number of carbonyl (C=O) groups excluding carboxylic acids is 1. The number of amides is 1. The molecule has 156 valence electrons. The van der Waals surface area contributed by atoms with E-state index >= 15 is 0 Å². The van der Waals surface area contributed by atoms with Crippen molar-refractivity contribution in [3.05, 3.63) is 58.5 Å². The summed E-state index contributed by atoms with van der Waals surface area (Å²) < 4.78 is 54.9. The van der Waals surface area contributed by atoms with Crippen molar-refractivity contribution < 1.29 is 22.0 Å². The summed E-state index contributed by atoms with van der Waals surface area (Å²) >= 11 is 0. The Morgan fingerprint density at radius 3 is 2.45 bits per heavy atom. The number of hydrogen-bond donors (Lipinski definition) is 1. The Morgan fingerprint density at radius 1 is 1.07 bits per heavy atom. The van der Waals surface area contributed by atoms with Crippen LogP contribution in [0.3, 0.4) is 0 Å². The molecule has 1 aromatic heterocycles. The molecule has 1 aromatic carbocycles. The zero-order valence-electron chi connectivity index (χ0n) is 15.6. The van der Waals surface area contributed by atoms with Crippen molar-refractivity contribution in [2.45, 2.75) is 37.1 Å². The van der Waals surface area contributed by atoms with Gasteiger partial charge in [0.2, 0.25) is 15.9 Å². The Balaban J connectivity index is 1.82. The van der Waals surface area contributed by atoms with Gasteiger partial charge in [-0.15, -0.1) is 0 Å². The Bertz CT molecular complexity index is 1060. The maximum absolute atomic E-state index is 13.7. The zero-order chi connectivity index (χ0) is 21.0. The second-order valence-corrected chi connectivity index (χ2v) is 8.70. The molecule has 2 heterocycles. The normalized spacial score (nSPS) is 15.7. The summed E-state index contributed by atoms with van der Waals surface area (Å²) in [6.07, 6.45) is 4.58. The quantitative estimate of drug-likeness (QED) is 0.796. The van der Waals surface area contributed by atoms with Gasteiger partial charge >= 0.3 is 0 Å². The number of hydrogen-bond acceptors (Lipinski definition) is 4. The van der Waals surface area contributed by atoms with E-state index in [0.717, 1.165) is 48.4 Å². The summed E-state index contributed by atoms with van der Waals surface area (Å²) in [5.41, 5.74) is -1.21. The molecule has 1 aliphatic heterocycles. The fourth-order valence-corrected chi connectivity index (χ4v) is 4.80. The van der Waals surface area contributed by atoms with Crippen LogP contribution in [-0.2, 0) is 21.4 Å². The van der Waals surface area contributed by atoms with Gasteiger partial charge in [0.15, 0.2) is 0 Å². The largest absolute Gasteiger partial charge is 0.322 e. The number of nitrogens with one attached hydrogen (secondary N) is 1. The van der Waals surface area contributed by atoms with E-state index in [9.17, 15) is 26.8 Å². The van der Waals surface area contributed by atoms with E-state index in [-0.39, 0.29) is 5.69 Å². The molecular formula is C19H21F2N3O4S. The van der Waals surface area contributed by atoms with Crippen LogP contribution in [0.2, 0.25) is 0 Å². The molecule has 0 unspecified atom stereocenters. The maximum atomic E-state index is 13.7. The molecule has 1 saturated heterocycles. The third kappa shape index (κ3) is 4.88. The van der Waals surface area contributed by atoms with Crippen molar-refractivity contribution >= 4 is 21.6 Å². The highest BCUT2D eigenvalue weighted by atomic mass is 32.2. The van der Waals surface area contributed by atoms with Gasteiger partial charge in [-0.3, -0.25) is 9.59 Å². The van der Waals surface area contributed by atoms with Crippen LogP contribution in [0, 0.1) is 11.6 Å². The smallest absolute Gasteiger partial charge is 0.271 e. The van der Waals surface area contributed by atoms with E-state index in [2.05, 4.69) is 5.32 Å². The molecule has 3 rings (SSSR count). The number of pyridine rings is 1. The highest BCUT2D eigenvalue weighted by Gasteiger charge is 2.28. The molecule has 7 nitrogen and oxygen atoms in total. The van der Waals surface area contributed by atoms with Crippen molar-refractivity contribution in [1.29, 1.82) is 0 Å². The van der Waals surface area contributed by atoms with Crippen LogP contribution >= 0.6 is 0 Å². The minimum atomic E-state index is -3.99. The number of benzene rings is 1. The number of halogens is 2. The second kappa shape index (κ2) is 8.83. The predicted octanol–water partition coefficient (Wildman–Crippen LogP) is 2.33. The van der Waals surface area contributed by atoms with Gasteiger partial charge in [-0.1, -0.05) is 12.8 Å². The summed E-state index contributed by atoms with van der Waals surface area (Å²) in [5.74, 6) is -2.35. The average molecular weight is 425 g/mol. The lowest BCUT2D eigenvalue weighted by atomic mass is 10.2. The number of sulfonamides is 1. The Morgan fingerprint density at radius 2 is 1.76 bits per heavy atom. The molecule has 1 fully saturated rings. The molecule has 0 atom stereocenters. The lowest BCUT2D eigenvalue weighted by Crippen LogP contribution is -2.37. The fraction of sp³-hybridized carbons (Fsp3) is 0.368. The van der Waals surface area contributed by atoms with E-state index in [1.165, 1.54) is 22.6 Å². The molecule has 29 heavy (non-hydrogen) atoms. The van der Waals surface area contributed by atoms with Crippen LogP contribution in [0.1, 0.15) is 25.7 Å². The van der Waals surface area contributed by atoms with Gasteiger partial charge < -0.3 is 9.88 Å². The van der Waals surface area contributed by atoms with E-state index in [1.807, 2.05) is 0 Å². The predicted molar refractivity (Wildman–Crippen MR) is 103 cm³/mol. The summed E-state index contributed by atoms with van der Waals surface area (Å²) in [7, 11) is -3.99. The first-order valence-electron chi connectivity index (χ1n) is 9.23. The number of rotatable bonds is 5. The average Bonchev–Trinajstić information content (AvgIpc) is 2.96. The molecule has 10 heteroatoms. The topological polar surface area (TPSA) is 88.5 Å². The maximum Gasteiger partial charge on any atom is 0.271 e. The van der Waals surface area contributed by atoms with E-state index in [4.69, 9.17) is 0 Å². The van der Waals surface area contributed by atoms with Gasteiger partial charge in [0, 0.05) is 25.4 Å². The van der Waals surface area contributed by atoms with E-state index in [1.54, 1.807) is 0 Å². The molecule has 2 aromatic rings.